The van der Waals surface area contributed by atoms with E-state index in [4.69, 9.17) is 16.0 Å². The molecule has 0 radical (unpaired) electrons. The summed E-state index contributed by atoms with van der Waals surface area (Å²) >= 11 is 5.94. The maximum atomic E-state index is 5.94. The molecule has 0 fully saturated rings. The molecule has 0 aliphatic rings. The molecule has 80 valence electrons. The van der Waals surface area contributed by atoms with Crippen LogP contribution in [0.5, 0.6) is 0 Å². The van der Waals surface area contributed by atoms with Crippen molar-refractivity contribution in [3.05, 3.63) is 59.0 Å². The molecule has 1 aromatic carbocycles. The van der Waals surface area contributed by atoms with Crippen molar-refractivity contribution in [2.75, 3.05) is 0 Å². The van der Waals surface area contributed by atoms with Crippen LogP contribution in [-0.4, -0.2) is 12.4 Å². The van der Waals surface area contributed by atoms with Crippen LogP contribution in [0, 0.1) is 0 Å². The summed E-state index contributed by atoms with van der Waals surface area (Å²) in [7, 11) is 0. The van der Waals surface area contributed by atoms with Crippen LogP contribution in [-0.2, 0) is 0 Å². The van der Waals surface area contributed by atoms with Crippen LogP contribution in [0.1, 0.15) is 11.3 Å². The number of halogens is 1. The summed E-state index contributed by atoms with van der Waals surface area (Å²) in [6.07, 6.45) is 4.72. The molecule has 16 heavy (non-hydrogen) atoms. The number of benzene rings is 1. The smallest absolute Gasteiger partial charge is 0.146 e. The Labute approximate surface area is 98.1 Å². The fraction of sp³-hybridized carbons (Fsp3) is 0. The van der Waals surface area contributed by atoms with Crippen LogP contribution >= 0.6 is 11.6 Å². The molecule has 0 unspecified atom stereocenters. The molecule has 0 aliphatic heterocycles. The quantitative estimate of drug-likeness (QED) is 0.591. The second-order valence-electron chi connectivity index (χ2n) is 3.03. The third-order valence-electron chi connectivity index (χ3n) is 1.90. The molecule has 3 nitrogen and oxygen atoms in total. The van der Waals surface area contributed by atoms with Gasteiger partial charge in [0.05, 0.1) is 18.7 Å². The molecule has 1 aromatic heterocycles. The minimum absolute atomic E-state index is 0.652. The van der Waals surface area contributed by atoms with Crippen LogP contribution < -0.4 is 0 Å². The molecule has 0 amide bonds. The summed E-state index contributed by atoms with van der Waals surface area (Å²) in [5, 5.41) is 8.37. The van der Waals surface area contributed by atoms with E-state index in [1.807, 2.05) is 18.2 Å². The first kappa shape index (κ1) is 10.6. The maximum absolute atomic E-state index is 5.94. The van der Waals surface area contributed by atoms with Gasteiger partial charge in [-0.15, -0.1) is 0 Å². The Hall–Kier alpha value is -1.87. The Morgan fingerprint density at radius 3 is 2.56 bits per heavy atom. The summed E-state index contributed by atoms with van der Waals surface area (Å²) in [4.78, 5) is 0. The standard InChI is InChI=1S/C12H9ClN2O/c13-12-6-2-1-4-10(12)8-14-15-9-11-5-3-7-16-11/h1-9H. The highest BCUT2D eigenvalue weighted by molar-refractivity contribution is 6.33. The number of hydrogen-bond acceptors (Lipinski definition) is 3. The van der Waals surface area contributed by atoms with E-state index in [1.54, 1.807) is 30.7 Å². The molecule has 2 rings (SSSR count). The molecule has 0 N–H and O–H groups in total. The molecule has 0 saturated carbocycles. The van der Waals surface area contributed by atoms with Crippen LogP contribution in [0.25, 0.3) is 0 Å². The summed E-state index contributed by atoms with van der Waals surface area (Å²) in [5.74, 6) is 0.663. The average molecular weight is 233 g/mol. The van der Waals surface area contributed by atoms with Crippen molar-refractivity contribution in [1.29, 1.82) is 0 Å². The van der Waals surface area contributed by atoms with Crippen LogP contribution in [0.4, 0.5) is 0 Å². The van der Waals surface area contributed by atoms with E-state index in [-0.39, 0.29) is 0 Å². The summed E-state index contributed by atoms with van der Waals surface area (Å²) in [5.41, 5.74) is 0.834. The fourth-order valence-corrected chi connectivity index (χ4v) is 1.31. The van der Waals surface area contributed by atoms with Crippen molar-refractivity contribution in [2.45, 2.75) is 0 Å². The monoisotopic (exact) mass is 232 g/mol. The second-order valence-corrected chi connectivity index (χ2v) is 3.43. The highest BCUT2D eigenvalue weighted by Gasteiger charge is 1.93. The van der Waals surface area contributed by atoms with Gasteiger partial charge in [0, 0.05) is 10.6 Å². The first-order valence-electron chi connectivity index (χ1n) is 4.71. The summed E-state index contributed by atoms with van der Waals surface area (Å²) in [6, 6.07) is 11.0. The second kappa shape index (κ2) is 5.28. The molecule has 0 saturated heterocycles. The third kappa shape index (κ3) is 2.81. The minimum Gasteiger partial charge on any atom is -0.463 e. The van der Waals surface area contributed by atoms with Gasteiger partial charge in [0.1, 0.15) is 5.76 Å². The van der Waals surface area contributed by atoms with Gasteiger partial charge in [0.25, 0.3) is 0 Å². The van der Waals surface area contributed by atoms with E-state index in [0.29, 0.717) is 10.8 Å². The van der Waals surface area contributed by atoms with Gasteiger partial charge in [-0.2, -0.15) is 10.2 Å². The number of hydrogen-bond donors (Lipinski definition) is 0. The average Bonchev–Trinajstić information content (AvgIpc) is 2.79. The zero-order valence-electron chi connectivity index (χ0n) is 8.38. The predicted octanol–water partition coefficient (Wildman–Crippen LogP) is 3.39. The van der Waals surface area contributed by atoms with Crippen LogP contribution in [0.15, 0.2) is 57.3 Å². The molecule has 4 heteroatoms. The molecular formula is C12H9ClN2O. The lowest BCUT2D eigenvalue weighted by Gasteiger charge is -1.93. The molecule has 2 aromatic rings. The normalized spacial score (nSPS) is 11.6. The van der Waals surface area contributed by atoms with Crippen LogP contribution in [0.2, 0.25) is 5.02 Å². The molecule has 0 atom stereocenters. The van der Waals surface area contributed by atoms with Gasteiger partial charge >= 0.3 is 0 Å². The maximum Gasteiger partial charge on any atom is 0.146 e. The van der Waals surface area contributed by atoms with Crippen molar-refractivity contribution < 1.29 is 4.42 Å². The highest BCUT2D eigenvalue weighted by atomic mass is 35.5. The zero-order chi connectivity index (χ0) is 11.2. The van der Waals surface area contributed by atoms with Gasteiger partial charge in [0.2, 0.25) is 0 Å². The van der Waals surface area contributed by atoms with Crippen molar-refractivity contribution in [3.63, 3.8) is 0 Å². The first-order chi connectivity index (χ1) is 7.86. The summed E-state index contributed by atoms with van der Waals surface area (Å²) in [6.45, 7) is 0. The molecule has 0 aliphatic carbocycles. The van der Waals surface area contributed by atoms with E-state index >= 15 is 0 Å². The minimum atomic E-state index is 0.652. The van der Waals surface area contributed by atoms with Gasteiger partial charge in [-0.3, -0.25) is 0 Å². The van der Waals surface area contributed by atoms with E-state index in [0.717, 1.165) is 5.56 Å². The Kier molecular flexibility index (Phi) is 3.51. The number of nitrogens with zero attached hydrogens (tertiary/aromatic N) is 2. The Morgan fingerprint density at radius 2 is 1.81 bits per heavy atom. The third-order valence-corrected chi connectivity index (χ3v) is 2.24. The Morgan fingerprint density at radius 1 is 1.00 bits per heavy atom. The van der Waals surface area contributed by atoms with Gasteiger partial charge in [0.15, 0.2) is 0 Å². The lowest BCUT2D eigenvalue weighted by atomic mass is 10.2. The van der Waals surface area contributed by atoms with E-state index in [1.165, 1.54) is 6.21 Å². The van der Waals surface area contributed by atoms with Gasteiger partial charge in [-0.1, -0.05) is 29.8 Å². The lowest BCUT2D eigenvalue weighted by Crippen LogP contribution is -1.81. The number of furan rings is 1. The lowest BCUT2D eigenvalue weighted by molar-refractivity contribution is 0.560. The number of rotatable bonds is 3. The zero-order valence-corrected chi connectivity index (χ0v) is 9.13. The molecular weight excluding hydrogens is 224 g/mol. The molecule has 0 bridgehead atoms. The van der Waals surface area contributed by atoms with Gasteiger partial charge in [-0.05, 0) is 18.2 Å². The van der Waals surface area contributed by atoms with Crippen molar-refractivity contribution in [2.24, 2.45) is 10.2 Å². The van der Waals surface area contributed by atoms with E-state index in [9.17, 15) is 0 Å². The SMILES string of the molecule is Clc1ccccc1C=NN=Cc1ccco1. The van der Waals surface area contributed by atoms with Gasteiger partial charge < -0.3 is 4.42 Å². The van der Waals surface area contributed by atoms with E-state index < -0.39 is 0 Å². The van der Waals surface area contributed by atoms with Gasteiger partial charge in [-0.25, -0.2) is 0 Å². The molecule has 1 heterocycles. The van der Waals surface area contributed by atoms with Crippen LogP contribution in [0.3, 0.4) is 0 Å². The fourth-order valence-electron chi connectivity index (χ4n) is 1.13. The van der Waals surface area contributed by atoms with E-state index in [2.05, 4.69) is 10.2 Å². The topological polar surface area (TPSA) is 37.9 Å². The Balaban J connectivity index is 2.03. The van der Waals surface area contributed by atoms with Crippen molar-refractivity contribution in [3.8, 4) is 0 Å². The Bertz CT molecular complexity index is 503. The largest absolute Gasteiger partial charge is 0.463 e. The summed E-state index contributed by atoms with van der Waals surface area (Å²) < 4.78 is 5.06. The first-order valence-corrected chi connectivity index (χ1v) is 5.08. The van der Waals surface area contributed by atoms with Crippen molar-refractivity contribution >= 4 is 24.0 Å². The van der Waals surface area contributed by atoms with Crippen molar-refractivity contribution in [1.82, 2.24) is 0 Å². The highest BCUT2D eigenvalue weighted by Crippen LogP contribution is 2.12. The molecule has 0 spiro atoms. The predicted molar refractivity (Wildman–Crippen MR) is 65.3 cm³/mol.